The summed E-state index contributed by atoms with van der Waals surface area (Å²) in [6.45, 7) is 0.760. The zero-order valence-corrected chi connectivity index (χ0v) is 11.1. The number of aromatic nitrogens is 2. The number of anilines is 1. The van der Waals surface area contributed by atoms with E-state index in [-0.39, 0.29) is 11.9 Å². The maximum Gasteiger partial charge on any atom is 0.255 e. The molecule has 2 aromatic rings. The highest BCUT2D eigenvalue weighted by Gasteiger charge is 2.32. The van der Waals surface area contributed by atoms with Gasteiger partial charge in [0.1, 0.15) is 0 Å². The molecule has 5 nitrogen and oxygen atoms in total. The summed E-state index contributed by atoms with van der Waals surface area (Å²) in [6.07, 6.45) is 5.20. The Kier molecular flexibility index (Phi) is 3.16. The largest absolute Gasteiger partial charge is 0.375 e. The molecular weight excluding hydrogens is 260 g/mol. The van der Waals surface area contributed by atoms with Crippen molar-refractivity contribution < 1.29 is 4.79 Å². The Labute approximate surface area is 115 Å². The van der Waals surface area contributed by atoms with Crippen LogP contribution in [0.25, 0.3) is 0 Å². The van der Waals surface area contributed by atoms with Crippen LogP contribution in [0.3, 0.4) is 0 Å². The van der Waals surface area contributed by atoms with Crippen LogP contribution < -0.4 is 5.73 Å². The number of nitrogens with zero attached hydrogens (tertiary/aromatic N) is 3. The fraction of sp³-hybridized carbons (Fsp3) is 0.308. The first-order valence-corrected chi connectivity index (χ1v) is 7.05. The van der Waals surface area contributed by atoms with Crippen molar-refractivity contribution in [2.75, 3.05) is 12.3 Å². The van der Waals surface area contributed by atoms with Crippen molar-refractivity contribution in [3.63, 3.8) is 0 Å². The molecule has 98 valence electrons. The van der Waals surface area contributed by atoms with E-state index in [0.29, 0.717) is 10.7 Å². The number of carbonyl (C=O) groups excluding carboxylic acids is 1. The van der Waals surface area contributed by atoms with Gasteiger partial charge in [-0.25, -0.2) is 4.98 Å². The normalized spacial score (nSPS) is 18.7. The minimum absolute atomic E-state index is 0.0159. The van der Waals surface area contributed by atoms with Crippen LogP contribution in [0.5, 0.6) is 0 Å². The van der Waals surface area contributed by atoms with Gasteiger partial charge in [0, 0.05) is 24.3 Å². The number of pyridine rings is 1. The van der Waals surface area contributed by atoms with Crippen LogP contribution in [0.1, 0.15) is 34.9 Å². The summed E-state index contributed by atoms with van der Waals surface area (Å²) in [5.74, 6) is 0.0159. The van der Waals surface area contributed by atoms with Gasteiger partial charge in [0.05, 0.1) is 17.3 Å². The number of nitrogen functional groups attached to an aromatic ring is 1. The summed E-state index contributed by atoms with van der Waals surface area (Å²) in [6, 6.07) is 3.61. The lowest BCUT2D eigenvalue weighted by molar-refractivity contribution is 0.0733. The molecule has 1 aliphatic rings. The monoisotopic (exact) mass is 274 g/mol. The molecule has 0 aromatic carbocycles. The van der Waals surface area contributed by atoms with E-state index in [4.69, 9.17) is 5.73 Å². The first-order chi connectivity index (χ1) is 9.25. The minimum Gasteiger partial charge on any atom is -0.375 e. The molecule has 2 N–H and O–H groups in total. The molecule has 0 aliphatic carbocycles. The Bertz CT molecular complexity index is 583. The zero-order chi connectivity index (χ0) is 13.2. The van der Waals surface area contributed by atoms with Crippen LogP contribution in [0, 0.1) is 0 Å². The lowest BCUT2D eigenvalue weighted by Crippen LogP contribution is -2.30. The average molecular weight is 274 g/mol. The van der Waals surface area contributed by atoms with Crippen LogP contribution in [-0.4, -0.2) is 27.3 Å². The molecule has 2 aromatic heterocycles. The van der Waals surface area contributed by atoms with Gasteiger partial charge in [-0.2, -0.15) is 0 Å². The molecule has 1 aliphatic heterocycles. The molecule has 3 heterocycles. The summed E-state index contributed by atoms with van der Waals surface area (Å²) in [5.41, 5.74) is 7.20. The standard InChI is InChI=1S/C13H14N4OS/c14-13-16-10(8-19-13)11-4-2-6-17(11)12(18)9-3-1-5-15-7-9/h1,3,5,7-8,11H,2,4,6H2,(H2,14,16). The van der Waals surface area contributed by atoms with Crippen LogP contribution in [-0.2, 0) is 0 Å². The quantitative estimate of drug-likeness (QED) is 0.910. The van der Waals surface area contributed by atoms with E-state index in [0.717, 1.165) is 25.1 Å². The zero-order valence-electron chi connectivity index (χ0n) is 10.3. The predicted octanol–water partition coefficient (Wildman–Crippen LogP) is 2.10. The van der Waals surface area contributed by atoms with E-state index in [1.54, 1.807) is 24.5 Å². The Morgan fingerprint density at radius 2 is 2.42 bits per heavy atom. The summed E-state index contributed by atoms with van der Waals surface area (Å²) >= 11 is 1.42. The van der Waals surface area contributed by atoms with Crippen molar-refractivity contribution in [1.82, 2.24) is 14.9 Å². The Morgan fingerprint density at radius 1 is 1.53 bits per heavy atom. The molecule has 1 unspecified atom stereocenters. The molecule has 1 amide bonds. The lowest BCUT2D eigenvalue weighted by atomic mass is 10.1. The van der Waals surface area contributed by atoms with Gasteiger partial charge in [0.15, 0.2) is 5.13 Å². The molecule has 0 spiro atoms. The Morgan fingerprint density at radius 3 is 3.11 bits per heavy atom. The van der Waals surface area contributed by atoms with E-state index in [9.17, 15) is 4.79 Å². The second-order valence-electron chi connectivity index (χ2n) is 4.51. The smallest absolute Gasteiger partial charge is 0.255 e. The van der Waals surface area contributed by atoms with Crippen molar-refractivity contribution >= 4 is 22.4 Å². The molecule has 1 saturated heterocycles. The number of amides is 1. The van der Waals surface area contributed by atoms with Crippen LogP contribution >= 0.6 is 11.3 Å². The van der Waals surface area contributed by atoms with E-state index in [2.05, 4.69) is 9.97 Å². The summed E-state index contributed by atoms with van der Waals surface area (Å²) in [4.78, 5) is 22.6. The molecule has 0 radical (unpaired) electrons. The van der Waals surface area contributed by atoms with Crippen molar-refractivity contribution in [1.29, 1.82) is 0 Å². The maximum atomic E-state index is 12.5. The van der Waals surface area contributed by atoms with E-state index in [1.807, 2.05) is 10.3 Å². The Hall–Kier alpha value is -1.95. The third-order valence-corrected chi connectivity index (χ3v) is 4.00. The Balaban J connectivity index is 1.86. The van der Waals surface area contributed by atoms with Gasteiger partial charge >= 0.3 is 0 Å². The second kappa shape index (κ2) is 4.97. The van der Waals surface area contributed by atoms with Crippen molar-refractivity contribution in [3.8, 4) is 0 Å². The third kappa shape index (κ3) is 2.31. The number of likely N-dealkylation sites (tertiary alicyclic amines) is 1. The summed E-state index contributed by atoms with van der Waals surface area (Å²) < 4.78 is 0. The SMILES string of the molecule is Nc1nc(C2CCCN2C(=O)c2cccnc2)cs1. The average Bonchev–Trinajstić information content (AvgIpc) is 3.07. The molecule has 6 heteroatoms. The van der Waals surface area contributed by atoms with Crippen LogP contribution in [0.4, 0.5) is 5.13 Å². The number of hydrogen-bond acceptors (Lipinski definition) is 5. The fourth-order valence-electron chi connectivity index (χ4n) is 2.43. The number of nitrogens with two attached hydrogens (primary N) is 1. The first-order valence-electron chi connectivity index (χ1n) is 6.17. The number of rotatable bonds is 2. The highest BCUT2D eigenvalue weighted by molar-refractivity contribution is 7.13. The predicted molar refractivity (Wildman–Crippen MR) is 73.8 cm³/mol. The molecule has 3 rings (SSSR count). The molecular formula is C13H14N4OS. The molecule has 19 heavy (non-hydrogen) atoms. The molecule has 0 saturated carbocycles. The van der Waals surface area contributed by atoms with Gasteiger partial charge < -0.3 is 10.6 Å². The highest BCUT2D eigenvalue weighted by atomic mass is 32.1. The number of thiazole rings is 1. The van der Waals surface area contributed by atoms with Crippen LogP contribution in [0.2, 0.25) is 0 Å². The molecule has 1 atom stereocenters. The molecule has 0 bridgehead atoms. The van der Waals surface area contributed by atoms with Crippen LogP contribution in [0.15, 0.2) is 29.9 Å². The number of carbonyl (C=O) groups is 1. The summed E-state index contributed by atoms with van der Waals surface area (Å²) in [5, 5.41) is 2.49. The van der Waals surface area contributed by atoms with Gasteiger partial charge in [-0.05, 0) is 25.0 Å². The van der Waals surface area contributed by atoms with Gasteiger partial charge in [0.25, 0.3) is 5.91 Å². The van der Waals surface area contributed by atoms with Crippen molar-refractivity contribution in [2.45, 2.75) is 18.9 Å². The first kappa shape index (κ1) is 12.1. The van der Waals surface area contributed by atoms with E-state index in [1.165, 1.54) is 11.3 Å². The fourth-order valence-corrected chi connectivity index (χ4v) is 3.04. The van der Waals surface area contributed by atoms with Gasteiger partial charge in [-0.15, -0.1) is 11.3 Å². The number of hydrogen-bond donors (Lipinski definition) is 1. The van der Waals surface area contributed by atoms with E-state index < -0.39 is 0 Å². The van der Waals surface area contributed by atoms with Crippen molar-refractivity contribution in [3.05, 3.63) is 41.2 Å². The lowest BCUT2D eigenvalue weighted by Gasteiger charge is -2.23. The maximum absolute atomic E-state index is 12.5. The van der Waals surface area contributed by atoms with Gasteiger partial charge in [-0.1, -0.05) is 0 Å². The van der Waals surface area contributed by atoms with Crippen molar-refractivity contribution in [2.24, 2.45) is 0 Å². The van der Waals surface area contributed by atoms with E-state index >= 15 is 0 Å². The minimum atomic E-state index is 0.0159. The topological polar surface area (TPSA) is 72.1 Å². The highest BCUT2D eigenvalue weighted by Crippen LogP contribution is 2.33. The second-order valence-corrected chi connectivity index (χ2v) is 5.40. The van der Waals surface area contributed by atoms with Gasteiger partial charge in [0.2, 0.25) is 0 Å². The summed E-state index contributed by atoms with van der Waals surface area (Å²) in [7, 11) is 0. The van der Waals surface area contributed by atoms with Gasteiger partial charge in [-0.3, -0.25) is 9.78 Å². The molecule has 1 fully saturated rings. The third-order valence-electron chi connectivity index (χ3n) is 3.30.